The van der Waals surface area contributed by atoms with E-state index in [1.54, 1.807) is 32.0 Å². The van der Waals surface area contributed by atoms with Gasteiger partial charge in [0.25, 0.3) is 5.91 Å². The van der Waals surface area contributed by atoms with Crippen molar-refractivity contribution in [1.29, 1.82) is 0 Å². The zero-order valence-electron chi connectivity index (χ0n) is 10.7. The Morgan fingerprint density at radius 1 is 1.47 bits per heavy atom. The van der Waals surface area contributed by atoms with Gasteiger partial charge in [0.05, 0.1) is 24.1 Å². The van der Waals surface area contributed by atoms with Gasteiger partial charge >= 0.3 is 0 Å². The van der Waals surface area contributed by atoms with Crippen molar-refractivity contribution in [2.75, 3.05) is 6.61 Å². The predicted molar refractivity (Wildman–Crippen MR) is 67.4 cm³/mol. The van der Waals surface area contributed by atoms with Crippen LogP contribution in [0.2, 0.25) is 0 Å². The van der Waals surface area contributed by atoms with Crippen LogP contribution in [0.25, 0.3) is 5.69 Å². The SMILES string of the molecule is CCONC(=O)c1cnn(-c2ccccc2F)c1C. The lowest BCUT2D eigenvalue weighted by atomic mass is 10.2. The molecule has 19 heavy (non-hydrogen) atoms. The normalized spacial score (nSPS) is 10.5. The van der Waals surface area contributed by atoms with Crippen LogP contribution >= 0.6 is 0 Å². The van der Waals surface area contributed by atoms with Crippen molar-refractivity contribution in [3.8, 4) is 5.69 Å². The van der Waals surface area contributed by atoms with Crippen molar-refractivity contribution >= 4 is 5.91 Å². The Morgan fingerprint density at radius 3 is 2.89 bits per heavy atom. The summed E-state index contributed by atoms with van der Waals surface area (Å²) in [7, 11) is 0. The third-order valence-electron chi connectivity index (χ3n) is 2.64. The smallest absolute Gasteiger partial charge is 0.274 e. The fourth-order valence-corrected chi connectivity index (χ4v) is 1.69. The van der Waals surface area contributed by atoms with Crippen molar-refractivity contribution in [3.63, 3.8) is 0 Å². The maximum atomic E-state index is 13.7. The highest BCUT2D eigenvalue weighted by molar-refractivity contribution is 5.94. The van der Waals surface area contributed by atoms with E-state index in [1.165, 1.54) is 16.9 Å². The molecule has 1 aromatic carbocycles. The first-order chi connectivity index (χ1) is 9.15. The number of benzene rings is 1. The quantitative estimate of drug-likeness (QED) is 0.858. The Hall–Kier alpha value is -2.21. The second-order valence-electron chi connectivity index (χ2n) is 3.87. The summed E-state index contributed by atoms with van der Waals surface area (Å²) in [5, 5.41) is 4.04. The number of carbonyl (C=O) groups excluding carboxylic acids is 1. The van der Waals surface area contributed by atoms with E-state index in [9.17, 15) is 9.18 Å². The van der Waals surface area contributed by atoms with Gasteiger partial charge in [0.1, 0.15) is 11.5 Å². The second-order valence-corrected chi connectivity index (χ2v) is 3.87. The molecular weight excluding hydrogens is 249 g/mol. The van der Waals surface area contributed by atoms with E-state index in [-0.39, 0.29) is 0 Å². The number of hydrogen-bond acceptors (Lipinski definition) is 3. The van der Waals surface area contributed by atoms with Crippen LogP contribution in [-0.4, -0.2) is 22.3 Å². The maximum Gasteiger partial charge on any atom is 0.278 e. The average molecular weight is 263 g/mol. The monoisotopic (exact) mass is 263 g/mol. The molecule has 1 N–H and O–H groups in total. The molecule has 0 bridgehead atoms. The zero-order chi connectivity index (χ0) is 13.8. The molecule has 0 atom stereocenters. The van der Waals surface area contributed by atoms with Crippen molar-refractivity contribution < 1.29 is 14.0 Å². The third kappa shape index (κ3) is 2.63. The number of halogens is 1. The van der Waals surface area contributed by atoms with Crippen LogP contribution in [0.1, 0.15) is 23.0 Å². The molecule has 6 heteroatoms. The van der Waals surface area contributed by atoms with Gasteiger partial charge in [-0.15, -0.1) is 0 Å². The highest BCUT2D eigenvalue weighted by atomic mass is 19.1. The molecular formula is C13H14FN3O2. The summed E-state index contributed by atoms with van der Waals surface area (Å²) in [6.45, 7) is 3.82. The molecule has 2 rings (SSSR count). The second kappa shape index (κ2) is 5.62. The van der Waals surface area contributed by atoms with Crippen molar-refractivity contribution in [2.45, 2.75) is 13.8 Å². The Kier molecular flexibility index (Phi) is 3.91. The van der Waals surface area contributed by atoms with E-state index in [1.807, 2.05) is 0 Å². The Morgan fingerprint density at radius 2 is 2.21 bits per heavy atom. The lowest BCUT2D eigenvalue weighted by Gasteiger charge is -2.06. The molecule has 0 spiro atoms. The zero-order valence-corrected chi connectivity index (χ0v) is 10.7. The first-order valence-corrected chi connectivity index (χ1v) is 5.86. The summed E-state index contributed by atoms with van der Waals surface area (Å²) >= 11 is 0. The number of rotatable bonds is 4. The van der Waals surface area contributed by atoms with E-state index >= 15 is 0 Å². The van der Waals surface area contributed by atoms with Crippen molar-refractivity contribution in [2.24, 2.45) is 0 Å². The third-order valence-corrected chi connectivity index (χ3v) is 2.64. The number of nitrogens with one attached hydrogen (secondary N) is 1. The van der Waals surface area contributed by atoms with Gasteiger partial charge in [0.2, 0.25) is 0 Å². The standard InChI is InChI=1S/C13H14FN3O2/c1-3-19-16-13(18)10-8-15-17(9(10)2)12-7-5-4-6-11(12)14/h4-8H,3H2,1-2H3,(H,16,18). The minimum Gasteiger partial charge on any atom is -0.274 e. The van der Waals surface area contributed by atoms with Gasteiger partial charge in [-0.3, -0.25) is 9.63 Å². The molecule has 0 unspecified atom stereocenters. The van der Waals surface area contributed by atoms with Gasteiger partial charge in [-0.25, -0.2) is 14.6 Å². The van der Waals surface area contributed by atoms with Crippen molar-refractivity contribution in [3.05, 3.63) is 47.5 Å². The molecule has 1 amide bonds. The molecule has 0 saturated heterocycles. The van der Waals surface area contributed by atoms with Crippen LogP contribution in [0.5, 0.6) is 0 Å². The highest BCUT2D eigenvalue weighted by Crippen LogP contribution is 2.16. The Balaban J connectivity index is 2.33. The molecule has 0 radical (unpaired) electrons. The predicted octanol–water partition coefficient (Wildman–Crippen LogP) is 2.00. The van der Waals surface area contributed by atoms with Crippen LogP contribution in [0.3, 0.4) is 0 Å². The fourth-order valence-electron chi connectivity index (χ4n) is 1.69. The summed E-state index contributed by atoms with van der Waals surface area (Å²) < 4.78 is 15.1. The highest BCUT2D eigenvalue weighted by Gasteiger charge is 2.16. The molecule has 0 aliphatic carbocycles. The minimum absolute atomic E-state index is 0.301. The number of aromatic nitrogens is 2. The molecule has 0 aliphatic rings. The number of amides is 1. The summed E-state index contributed by atoms with van der Waals surface area (Å²) in [5.74, 6) is -0.799. The molecule has 1 aromatic heterocycles. The van der Waals surface area contributed by atoms with Gasteiger partial charge in [0, 0.05) is 0 Å². The Labute approximate surface area is 110 Å². The van der Waals surface area contributed by atoms with Gasteiger partial charge in [0.15, 0.2) is 0 Å². The van der Waals surface area contributed by atoms with E-state index in [0.29, 0.717) is 23.6 Å². The summed E-state index contributed by atoms with van der Waals surface area (Å²) in [6, 6.07) is 6.25. The first kappa shape index (κ1) is 13.2. The topological polar surface area (TPSA) is 56.1 Å². The molecule has 0 fully saturated rings. The van der Waals surface area contributed by atoms with Crippen LogP contribution in [-0.2, 0) is 4.84 Å². The summed E-state index contributed by atoms with van der Waals surface area (Å²) in [6.07, 6.45) is 1.39. The fraction of sp³-hybridized carbons (Fsp3) is 0.231. The summed E-state index contributed by atoms with van der Waals surface area (Å²) in [4.78, 5) is 16.6. The van der Waals surface area contributed by atoms with Crippen molar-refractivity contribution in [1.82, 2.24) is 15.3 Å². The molecule has 5 nitrogen and oxygen atoms in total. The van der Waals surface area contributed by atoms with Gasteiger partial charge in [-0.05, 0) is 26.0 Å². The molecule has 1 heterocycles. The number of carbonyl (C=O) groups is 1. The van der Waals surface area contributed by atoms with E-state index < -0.39 is 11.7 Å². The number of hydroxylamine groups is 1. The van der Waals surface area contributed by atoms with E-state index in [2.05, 4.69) is 10.6 Å². The van der Waals surface area contributed by atoms with Gasteiger partial charge in [-0.2, -0.15) is 5.10 Å². The Bertz CT molecular complexity index is 595. The van der Waals surface area contributed by atoms with Crippen LogP contribution in [0, 0.1) is 12.7 Å². The lowest BCUT2D eigenvalue weighted by Crippen LogP contribution is -2.24. The van der Waals surface area contributed by atoms with E-state index in [0.717, 1.165) is 0 Å². The largest absolute Gasteiger partial charge is 0.278 e. The molecule has 0 aliphatic heterocycles. The maximum absolute atomic E-state index is 13.7. The first-order valence-electron chi connectivity index (χ1n) is 5.86. The van der Waals surface area contributed by atoms with Crippen LogP contribution in [0.15, 0.2) is 30.5 Å². The number of hydrogen-bond donors (Lipinski definition) is 1. The van der Waals surface area contributed by atoms with Gasteiger partial charge in [-0.1, -0.05) is 12.1 Å². The van der Waals surface area contributed by atoms with Gasteiger partial charge < -0.3 is 0 Å². The number of para-hydroxylation sites is 1. The lowest BCUT2D eigenvalue weighted by molar-refractivity contribution is 0.0364. The number of nitrogens with zero attached hydrogens (tertiary/aromatic N) is 2. The minimum atomic E-state index is -0.401. The molecule has 2 aromatic rings. The molecule has 0 saturated carbocycles. The van der Waals surface area contributed by atoms with E-state index in [4.69, 9.17) is 4.84 Å². The summed E-state index contributed by atoms with van der Waals surface area (Å²) in [5.41, 5.74) is 3.47. The average Bonchev–Trinajstić information content (AvgIpc) is 2.78. The van der Waals surface area contributed by atoms with Crippen LogP contribution < -0.4 is 5.48 Å². The van der Waals surface area contributed by atoms with Crippen LogP contribution in [0.4, 0.5) is 4.39 Å². The molecule has 100 valence electrons.